The van der Waals surface area contributed by atoms with E-state index in [2.05, 4.69) is 9.97 Å². The molecule has 0 spiro atoms. The molecule has 1 aliphatic heterocycles. The number of aromatic amines is 1. The van der Waals surface area contributed by atoms with Gasteiger partial charge in [0.1, 0.15) is 18.3 Å². The summed E-state index contributed by atoms with van der Waals surface area (Å²) < 4.78 is 7.66. The summed E-state index contributed by atoms with van der Waals surface area (Å²) in [5.41, 5.74) is 4.37. The predicted octanol–water partition coefficient (Wildman–Crippen LogP) is -2.12. The number of aliphatic hydroxyl groups excluding tert-OH is 3. The van der Waals surface area contributed by atoms with Crippen LogP contribution >= 0.6 is 0 Å². The van der Waals surface area contributed by atoms with E-state index in [-0.39, 0.29) is 23.7 Å². The molecule has 25 heavy (non-hydrogen) atoms. The van der Waals surface area contributed by atoms with Gasteiger partial charge in [0.05, 0.1) is 6.61 Å². The van der Waals surface area contributed by atoms with E-state index in [0.29, 0.717) is 6.42 Å². The molecule has 4 atom stereocenters. The summed E-state index contributed by atoms with van der Waals surface area (Å²) in [4.78, 5) is 31.5. The number of anilines is 1. The highest BCUT2D eigenvalue weighted by molar-refractivity contribution is 5.71. The number of fused-ring (bicyclic) bond motifs is 1. The maximum Gasteiger partial charge on any atom is 0.332 e. The van der Waals surface area contributed by atoms with Crippen LogP contribution in [0.4, 0.5) is 5.95 Å². The Morgan fingerprint density at radius 1 is 1.32 bits per heavy atom. The van der Waals surface area contributed by atoms with Crippen molar-refractivity contribution in [3.63, 3.8) is 0 Å². The van der Waals surface area contributed by atoms with Gasteiger partial charge in [-0.3, -0.25) is 14.3 Å². The fourth-order valence-corrected chi connectivity index (χ4v) is 3.05. The number of rotatable bonds is 5. The summed E-state index contributed by atoms with van der Waals surface area (Å²) in [5.74, 6) is -0.189. The number of hydrogen-bond donors (Lipinski definition) is 5. The average Bonchev–Trinajstić information content (AvgIpc) is 3.00. The van der Waals surface area contributed by atoms with Crippen molar-refractivity contribution in [3.05, 3.63) is 20.8 Å². The molecule has 1 aliphatic rings. The van der Waals surface area contributed by atoms with Crippen molar-refractivity contribution >= 4 is 17.1 Å². The van der Waals surface area contributed by atoms with Crippen LogP contribution in [0, 0.1) is 0 Å². The monoisotopic (exact) mass is 355 g/mol. The number of aliphatic hydroxyl groups is 3. The molecule has 0 bridgehead atoms. The minimum absolute atomic E-state index is 0.0189. The van der Waals surface area contributed by atoms with Gasteiger partial charge in [0, 0.05) is 6.54 Å². The minimum atomic E-state index is -1.47. The number of nitrogens with zero attached hydrogens (tertiary/aromatic N) is 3. The molecule has 0 unspecified atom stereocenters. The average molecular weight is 355 g/mol. The summed E-state index contributed by atoms with van der Waals surface area (Å²) in [6, 6.07) is 0. The first kappa shape index (κ1) is 17.6. The number of unbranched alkanes of at least 4 members (excludes halogenated alkanes) is 1. The van der Waals surface area contributed by atoms with Crippen LogP contribution in [0.1, 0.15) is 26.0 Å². The SMILES string of the molecule is CCCCn1c(=O)n([C@@H]2O[C@H](CO)[C@H](O)[C@H]2O)c2nc(N)[nH]c(=O)c21. The first-order valence-electron chi connectivity index (χ1n) is 8.03. The molecule has 11 heteroatoms. The molecule has 138 valence electrons. The summed E-state index contributed by atoms with van der Waals surface area (Å²) in [5, 5.41) is 29.4. The van der Waals surface area contributed by atoms with Crippen LogP contribution in [0.2, 0.25) is 0 Å². The maximum absolute atomic E-state index is 12.8. The number of hydrogen-bond acceptors (Lipinski definition) is 8. The summed E-state index contributed by atoms with van der Waals surface area (Å²) in [6.45, 7) is 1.69. The van der Waals surface area contributed by atoms with Crippen molar-refractivity contribution in [2.45, 2.75) is 50.8 Å². The molecule has 0 aromatic carbocycles. The molecule has 11 nitrogen and oxygen atoms in total. The normalized spacial score (nSPS) is 26.6. The van der Waals surface area contributed by atoms with Crippen LogP contribution in [0.25, 0.3) is 11.2 Å². The largest absolute Gasteiger partial charge is 0.394 e. The predicted molar refractivity (Wildman–Crippen MR) is 86.9 cm³/mol. The molecule has 0 radical (unpaired) electrons. The van der Waals surface area contributed by atoms with E-state index in [0.717, 1.165) is 11.0 Å². The second kappa shape index (κ2) is 6.59. The molecule has 3 heterocycles. The van der Waals surface area contributed by atoms with Gasteiger partial charge in [-0.1, -0.05) is 13.3 Å². The Balaban J connectivity index is 2.23. The Bertz CT molecular complexity index is 886. The van der Waals surface area contributed by atoms with E-state index in [9.17, 15) is 24.9 Å². The Labute approximate surface area is 141 Å². The number of imidazole rings is 1. The van der Waals surface area contributed by atoms with Crippen LogP contribution in [-0.2, 0) is 11.3 Å². The van der Waals surface area contributed by atoms with Gasteiger partial charge < -0.3 is 25.8 Å². The van der Waals surface area contributed by atoms with E-state index >= 15 is 0 Å². The maximum atomic E-state index is 12.8. The highest BCUT2D eigenvalue weighted by atomic mass is 16.6. The van der Waals surface area contributed by atoms with Crippen molar-refractivity contribution in [1.29, 1.82) is 0 Å². The molecule has 2 aromatic heterocycles. The zero-order valence-corrected chi connectivity index (χ0v) is 13.6. The third kappa shape index (κ3) is 2.74. The number of H-pyrrole nitrogens is 1. The molecule has 0 aliphatic carbocycles. The summed E-state index contributed by atoms with van der Waals surface area (Å²) in [6.07, 6.45) is -3.75. The first-order chi connectivity index (χ1) is 11.9. The van der Waals surface area contributed by atoms with Crippen LogP contribution in [0.5, 0.6) is 0 Å². The molecule has 1 fully saturated rings. The van der Waals surface area contributed by atoms with Gasteiger partial charge in [0.25, 0.3) is 5.56 Å². The van der Waals surface area contributed by atoms with Crippen molar-refractivity contribution in [3.8, 4) is 0 Å². The van der Waals surface area contributed by atoms with Gasteiger partial charge in [-0.25, -0.2) is 9.36 Å². The number of nitrogen functional groups attached to an aromatic ring is 1. The molecule has 0 saturated carbocycles. The van der Waals surface area contributed by atoms with Crippen molar-refractivity contribution in [2.24, 2.45) is 0 Å². The quantitative estimate of drug-likeness (QED) is 0.405. The Morgan fingerprint density at radius 3 is 2.64 bits per heavy atom. The number of aromatic nitrogens is 4. The minimum Gasteiger partial charge on any atom is -0.394 e. The van der Waals surface area contributed by atoms with Crippen LogP contribution < -0.4 is 17.0 Å². The van der Waals surface area contributed by atoms with E-state index in [1.807, 2.05) is 6.92 Å². The van der Waals surface area contributed by atoms with Crippen LogP contribution in [-0.4, -0.2) is 59.3 Å². The van der Waals surface area contributed by atoms with Gasteiger partial charge in [-0.05, 0) is 6.42 Å². The molecule has 1 saturated heterocycles. The number of aryl methyl sites for hydroxylation is 1. The lowest BCUT2D eigenvalue weighted by atomic mass is 10.1. The molecule has 0 amide bonds. The van der Waals surface area contributed by atoms with Gasteiger partial charge in [-0.2, -0.15) is 4.98 Å². The van der Waals surface area contributed by atoms with Gasteiger partial charge in [-0.15, -0.1) is 0 Å². The van der Waals surface area contributed by atoms with Gasteiger partial charge in [0.2, 0.25) is 5.95 Å². The number of ether oxygens (including phenoxy) is 1. The molecular formula is C14H21N5O6. The lowest BCUT2D eigenvalue weighted by molar-refractivity contribution is -0.0528. The first-order valence-corrected chi connectivity index (χ1v) is 8.03. The molecule has 6 N–H and O–H groups in total. The smallest absolute Gasteiger partial charge is 0.332 e. The zero-order valence-electron chi connectivity index (χ0n) is 13.6. The van der Waals surface area contributed by atoms with Crippen LogP contribution in [0.3, 0.4) is 0 Å². The van der Waals surface area contributed by atoms with Crippen LogP contribution in [0.15, 0.2) is 9.59 Å². The second-order valence-corrected chi connectivity index (χ2v) is 6.01. The van der Waals surface area contributed by atoms with Crippen molar-refractivity contribution in [2.75, 3.05) is 12.3 Å². The number of nitrogens with two attached hydrogens (primary N) is 1. The van der Waals surface area contributed by atoms with Gasteiger partial charge in [0.15, 0.2) is 17.4 Å². The number of nitrogens with one attached hydrogen (secondary N) is 1. The van der Waals surface area contributed by atoms with Crippen molar-refractivity contribution < 1.29 is 20.1 Å². The lowest BCUT2D eigenvalue weighted by Crippen LogP contribution is -2.36. The summed E-state index contributed by atoms with van der Waals surface area (Å²) >= 11 is 0. The Morgan fingerprint density at radius 2 is 2.04 bits per heavy atom. The molecular weight excluding hydrogens is 334 g/mol. The third-order valence-corrected chi connectivity index (χ3v) is 4.34. The van der Waals surface area contributed by atoms with E-state index < -0.39 is 42.4 Å². The van der Waals surface area contributed by atoms with Gasteiger partial charge >= 0.3 is 5.69 Å². The zero-order chi connectivity index (χ0) is 18.3. The summed E-state index contributed by atoms with van der Waals surface area (Å²) in [7, 11) is 0. The standard InChI is InChI=1S/C14H21N5O6/c1-2-3-4-18-7-10(16-13(15)17-11(7)23)19(14(18)24)12-9(22)8(21)6(5-20)25-12/h6,8-9,12,20-22H,2-5H2,1H3,(H3,15,16,17,23)/t6-,8+,9-,12-/m1/s1. The highest BCUT2D eigenvalue weighted by Crippen LogP contribution is 2.30. The van der Waals surface area contributed by atoms with E-state index in [1.165, 1.54) is 4.57 Å². The lowest BCUT2D eigenvalue weighted by Gasteiger charge is -2.15. The fraction of sp³-hybridized carbons (Fsp3) is 0.643. The topological polar surface area (TPSA) is 169 Å². The highest BCUT2D eigenvalue weighted by Gasteiger charge is 2.45. The van der Waals surface area contributed by atoms with Crippen molar-refractivity contribution in [1.82, 2.24) is 19.1 Å². The van der Waals surface area contributed by atoms with E-state index in [4.69, 9.17) is 10.5 Å². The molecule has 3 rings (SSSR count). The second-order valence-electron chi connectivity index (χ2n) is 6.01. The molecule has 2 aromatic rings. The van der Waals surface area contributed by atoms with E-state index in [1.54, 1.807) is 0 Å². The Kier molecular flexibility index (Phi) is 4.64. The third-order valence-electron chi connectivity index (χ3n) is 4.34. The fourth-order valence-electron chi connectivity index (χ4n) is 3.05. The Hall–Kier alpha value is -2.21.